The molecule has 0 aliphatic heterocycles. The minimum atomic E-state index is -0.601. The molecule has 0 spiro atoms. The van der Waals surface area contributed by atoms with E-state index in [4.69, 9.17) is 28.9 Å². The predicted octanol–water partition coefficient (Wildman–Crippen LogP) is 3.84. The van der Waals surface area contributed by atoms with Crippen LogP contribution in [0.1, 0.15) is 15.9 Å². The summed E-state index contributed by atoms with van der Waals surface area (Å²) >= 11 is 11.5. The van der Waals surface area contributed by atoms with Crippen LogP contribution in [-0.4, -0.2) is 5.91 Å². The first-order chi connectivity index (χ1) is 9.47. The molecule has 1 amide bonds. The van der Waals surface area contributed by atoms with E-state index in [1.54, 1.807) is 24.3 Å². The Labute approximate surface area is 125 Å². The van der Waals surface area contributed by atoms with Gasteiger partial charge in [-0.3, -0.25) is 4.79 Å². The van der Waals surface area contributed by atoms with Crippen LogP contribution >= 0.6 is 23.2 Å². The largest absolute Gasteiger partial charge is 0.381 e. The standard InChI is InChI=1S/C14H11Cl2FN2O/c15-11-4-2-9(6-10(11)14(18)20)19-7-8-1-3-12(16)13(17)5-8/h1-6,19H,7H2,(H2,18,20). The van der Waals surface area contributed by atoms with Gasteiger partial charge in [-0.15, -0.1) is 0 Å². The van der Waals surface area contributed by atoms with E-state index in [1.165, 1.54) is 12.1 Å². The topological polar surface area (TPSA) is 55.1 Å². The van der Waals surface area contributed by atoms with Crippen LogP contribution in [0.25, 0.3) is 0 Å². The number of hydrogen-bond donors (Lipinski definition) is 2. The van der Waals surface area contributed by atoms with Crippen molar-refractivity contribution in [1.82, 2.24) is 0 Å². The summed E-state index contributed by atoms with van der Waals surface area (Å²) in [6, 6.07) is 9.39. The number of carbonyl (C=O) groups excluding carboxylic acids is 1. The van der Waals surface area contributed by atoms with Crippen molar-refractivity contribution >= 4 is 34.8 Å². The molecule has 2 aromatic rings. The summed E-state index contributed by atoms with van der Waals surface area (Å²) in [5, 5.41) is 3.43. The minimum absolute atomic E-state index is 0.0799. The molecule has 2 aromatic carbocycles. The quantitative estimate of drug-likeness (QED) is 0.901. The average Bonchev–Trinajstić information content (AvgIpc) is 2.41. The van der Waals surface area contributed by atoms with Crippen LogP contribution in [0.4, 0.5) is 10.1 Å². The summed E-state index contributed by atoms with van der Waals surface area (Å²) in [6.07, 6.45) is 0. The van der Waals surface area contributed by atoms with E-state index in [0.717, 1.165) is 5.56 Å². The third-order valence-corrected chi connectivity index (χ3v) is 3.35. The number of anilines is 1. The van der Waals surface area contributed by atoms with E-state index in [1.807, 2.05) is 0 Å². The van der Waals surface area contributed by atoms with Crippen molar-refractivity contribution in [3.05, 3.63) is 63.4 Å². The van der Waals surface area contributed by atoms with E-state index in [9.17, 15) is 9.18 Å². The molecule has 0 unspecified atom stereocenters. The molecule has 0 aliphatic rings. The van der Waals surface area contributed by atoms with Crippen LogP contribution in [0.15, 0.2) is 36.4 Å². The predicted molar refractivity (Wildman–Crippen MR) is 78.7 cm³/mol. The average molecular weight is 313 g/mol. The minimum Gasteiger partial charge on any atom is -0.381 e. The second-order valence-electron chi connectivity index (χ2n) is 4.16. The third-order valence-electron chi connectivity index (χ3n) is 2.71. The number of benzene rings is 2. The lowest BCUT2D eigenvalue weighted by Crippen LogP contribution is -2.12. The lowest BCUT2D eigenvalue weighted by Gasteiger charge is -2.09. The van der Waals surface area contributed by atoms with Gasteiger partial charge in [0.05, 0.1) is 15.6 Å². The van der Waals surface area contributed by atoms with Crippen molar-refractivity contribution in [2.45, 2.75) is 6.54 Å². The van der Waals surface area contributed by atoms with Gasteiger partial charge in [0.1, 0.15) is 5.82 Å². The van der Waals surface area contributed by atoms with Gasteiger partial charge in [0, 0.05) is 12.2 Å². The van der Waals surface area contributed by atoms with Crippen LogP contribution in [0, 0.1) is 5.82 Å². The number of rotatable bonds is 4. The fourth-order valence-corrected chi connectivity index (χ4v) is 2.01. The lowest BCUT2D eigenvalue weighted by atomic mass is 10.1. The highest BCUT2D eigenvalue weighted by Crippen LogP contribution is 2.21. The molecule has 3 N–H and O–H groups in total. The molecule has 0 atom stereocenters. The summed E-state index contributed by atoms with van der Waals surface area (Å²) in [7, 11) is 0. The van der Waals surface area contributed by atoms with E-state index < -0.39 is 11.7 Å². The van der Waals surface area contributed by atoms with E-state index in [0.29, 0.717) is 17.3 Å². The van der Waals surface area contributed by atoms with Gasteiger partial charge in [0.25, 0.3) is 0 Å². The highest BCUT2D eigenvalue weighted by molar-refractivity contribution is 6.33. The van der Waals surface area contributed by atoms with Crippen molar-refractivity contribution < 1.29 is 9.18 Å². The molecule has 20 heavy (non-hydrogen) atoms. The Hall–Kier alpha value is -1.78. The van der Waals surface area contributed by atoms with E-state index in [-0.39, 0.29) is 10.6 Å². The van der Waals surface area contributed by atoms with Crippen LogP contribution in [0.5, 0.6) is 0 Å². The number of carbonyl (C=O) groups is 1. The maximum absolute atomic E-state index is 13.3. The van der Waals surface area contributed by atoms with Gasteiger partial charge in [-0.1, -0.05) is 29.3 Å². The van der Waals surface area contributed by atoms with E-state index in [2.05, 4.69) is 5.32 Å². The van der Waals surface area contributed by atoms with Crippen molar-refractivity contribution in [3.63, 3.8) is 0 Å². The summed E-state index contributed by atoms with van der Waals surface area (Å²) < 4.78 is 13.3. The van der Waals surface area contributed by atoms with Crippen LogP contribution in [-0.2, 0) is 6.54 Å². The molecule has 3 nitrogen and oxygen atoms in total. The van der Waals surface area contributed by atoms with Crippen LogP contribution in [0.3, 0.4) is 0 Å². The second-order valence-corrected chi connectivity index (χ2v) is 4.98. The van der Waals surface area contributed by atoms with Crippen LogP contribution < -0.4 is 11.1 Å². The first kappa shape index (κ1) is 14.6. The van der Waals surface area contributed by atoms with Gasteiger partial charge in [0.15, 0.2) is 0 Å². The Kier molecular flexibility index (Phi) is 4.47. The smallest absolute Gasteiger partial charge is 0.250 e. The van der Waals surface area contributed by atoms with Gasteiger partial charge < -0.3 is 11.1 Å². The van der Waals surface area contributed by atoms with Gasteiger partial charge in [0.2, 0.25) is 5.91 Å². The first-order valence-corrected chi connectivity index (χ1v) is 6.50. The first-order valence-electron chi connectivity index (χ1n) is 5.74. The highest BCUT2D eigenvalue weighted by atomic mass is 35.5. The Morgan fingerprint density at radius 3 is 2.50 bits per heavy atom. The molecular formula is C14H11Cl2FN2O. The van der Waals surface area contributed by atoms with Crippen molar-refractivity contribution in [1.29, 1.82) is 0 Å². The van der Waals surface area contributed by atoms with Gasteiger partial charge in [-0.05, 0) is 35.9 Å². The van der Waals surface area contributed by atoms with Crippen LogP contribution in [0.2, 0.25) is 10.0 Å². The molecule has 104 valence electrons. The molecule has 0 aromatic heterocycles. The summed E-state index contributed by atoms with van der Waals surface area (Å²) in [5.74, 6) is -1.07. The molecule has 0 radical (unpaired) electrons. The summed E-state index contributed by atoms with van der Waals surface area (Å²) in [6.45, 7) is 0.383. The number of hydrogen-bond acceptors (Lipinski definition) is 2. The molecular weight excluding hydrogens is 302 g/mol. The fraction of sp³-hybridized carbons (Fsp3) is 0.0714. The van der Waals surface area contributed by atoms with Gasteiger partial charge in [-0.25, -0.2) is 4.39 Å². The Morgan fingerprint density at radius 1 is 1.15 bits per heavy atom. The summed E-state index contributed by atoms with van der Waals surface area (Å²) in [5.41, 5.74) is 6.84. The zero-order valence-electron chi connectivity index (χ0n) is 10.3. The zero-order valence-corrected chi connectivity index (χ0v) is 11.8. The SMILES string of the molecule is NC(=O)c1cc(NCc2ccc(Cl)c(F)c2)ccc1Cl. The van der Waals surface area contributed by atoms with Gasteiger partial charge in [-0.2, -0.15) is 0 Å². The normalized spacial score (nSPS) is 10.3. The lowest BCUT2D eigenvalue weighted by molar-refractivity contribution is 0.100. The monoisotopic (exact) mass is 312 g/mol. The van der Waals surface area contributed by atoms with Gasteiger partial charge >= 0.3 is 0 Å². The Bertz CT molecular complexity index is 662. The number of nitrogens with two attached hydrogens (primary N) is 1. The highest BCUT2D eigenvalue weighted by Gasteiger charge is 2.07. The maximum atomic E-state index is 13.3. The zero-order chi connectivity index (χ0) is 14.7. The van der Waals surface area contributed by atoms with Crippen molar-refractivity contribution in [2.24, 2.45) is 5.73 Å². The third kappa shape index (κ3) is 3.40. The maximum Gasteiger partial charge on any atom is 0.250 e. The molecule has 0 fully saturated rings. The summed E-state index contributed by atoms with van der Waals surface area (Å²) in [4.78, 5) is 11.2. The number of amides is 1. The molecule has 6 heteroatoms. The Balaban J connectivity index is 2.12. The Morgan fingerprint density at radius 2 is 1.85 bits per heavy atom. The van der Waals surface area contributed by atoms with Crippen molar-refractivity contribution in [3.8, 4) is 0 Å². The number of primary amides is 1. The fourth-order valence-electron chi connectivity index (χ4n) is 1.68. The molecule has 2 rings (SSSR count). The van der Waals surface area contributed by atoms with E-state index >= 15 is 0 Å². The molecule has 0 aliphatic carbocycles. The molecule has 0 saturated heterocycles. The van der Waals surface area contributed by atoms with Crippen molar-refractivity contribution in [2.75, 3.05) is 5.32 Å². The molecule has 0 bridgehead atoms. The second kappa shape index (κ2) is 6.11. The molecule has 0 saturated carbocycles. The number of halogens is 3. The number of nitrogens with one attached hydrogen (secondary N) is 1. The molecule has 0 heterocycles.